The molecule has 1 aromatic rings. The van der Waals surface area contributed by atoms with Gasteiger partial charge in [-0.3, -0.25) is 19.7 Å². The molecule has 1 fully saturated rings. The maximum Gasteiger partial charge on any atom is 0.158 e. The molecule has 0 aliphatic heterocycles. The first-order chi connectivity index (χ1) is 16.3. The van der Waals surface area contributed by atoms with Crippen LogP contribution in [0.5, 0.6) is 0 Å². The molecule has 2 N–H and O–H groups in total. The topological polar surface area (TPSA) is 96.6 Å². The van der Waals surface area contributed by atoms with Crippen LogP contribution in [-0.4, -0.2) is 61.1 Å². The van der Waals surface area contributed by atoms with E-state index in [-0.39, 0.29) is 18.4 Å². The van der Waals surface area contributed by atoms with Crippen LogP contribution in [0, 0.1) is 17.2 Å². The van der Waals surface area contributed by atoms with Gasteiger partial charge in [-0.15, -0.1) is 0 Å². The third-order valence-electron chi connectivity index (χ3n) is 5.50. The number of carbonyl (C=O) groups is 1. The fourth-order valence-corrected chi connectivity index (χ4v) is 3.57. The molecule has 1 heterocycles. The van der Waals surface area contributed by atoms with Gasteiger partial charge in [-0.2, -0.15) is 5.26 Å². The Morgan fingerprint density at radius 2 is 2.12 bits per heavy atom. The third-order valence-corrected chi connectivity index (χ3v) is 5.91. The first kappa shape index (κ1) is 27.7. The molecule has 1 aliphatic rings. The smallest absolute Gasteiger partial charge is 0.158 e. The van der Waals surface area contributed by atoms with Crippen molar-refractivity contribution < 1.29 is 4.79 Å². The number of hydrazine groups is 1. The van der Waals surface area contributed by atoms with Crippen molar-refractivity contribution in [2.75, 3.05) is 33.7 Å². The molecule has 34 heavy (non-hydrogen) atoms. The number of allylic oxidation sites excluding steroid dienone is 2. The highest BCUT2D eigenvalue weighted by molar-refractivity contribution is 9.12. The summed E-state index contributed by atoms with van der Waals surface area (Å²) in [4.78, 5) is 22.4. The number of aromatic nitrogens is 1. The van der Waals surface area contributed by atoms with Crippen molar-refractivity contribution in [1.29, 1.82) is 5.26 Å². The van der Waals surface area contributed by atoms with Crippen molar-refractivity contribution in [3.05, 3.63) is 52.2 Å². The van der Waals surface area contributed by atoms with Gasteiger partial charge in [0, 0.05) is 82.1 Å². The van der Waals surface area contributed by atoms with Gasteiger partial charge in [-0.1, -0.05) is 13.0 Å². The third kappa shape index (κ3) is 10.2. The first-order valence-electron chi connectivity index (χ1n) is 11.6. The number of rotatable bonds is 15. The number of nitrogens with one attached hydrogen (secondary N) is 2. The molecular formula is C25H36BrN7O. The van der Waals surface area contributed by atoms with Crippen LogP contribution < -0.4 is 10.7 Å². The zero-order valence-corrected chi connectivity index (χ0v) is 22.1. The highest BCUT2D eigenvalue weighted by atomic mass is 79.9. The largest absolute Gasteiger partial charge is 0.389 e. The summed E-state index contributed by atoms with van der Waals surface area (Å²) in [6.07, 6.45) is 10.8. The number of hydrogen-bond acceptors (Lipinski definition) is 8. The summed E-state index contributed by atoms with van der Waals surface area (Å²) < 4.78 is 0.482. The number of halogens is 1. The van der Waals surface area contributed by atoms with Gasteiger partial charge in [-0.05, 0) is 47.3 Å². The van der Waals surface area contributed by atoms with E-state index in [9.17, 15) is 4.79 Å². The fraction of sp³-hybridized carbons (Fsp3) is 0.520. The second-order valence-electron chi connectivity index (χ2n) is 8.81. The Bertz CT molecular complexity index is 901. The van der Waals surface area contributed by atoms with Gasteiger partial charge in [0.1, 0.15) is 0 Å². The van der Waals surface area contributed by atoms with Crippen molar-refractivity contribution >= 4 is 28.4 Å². The molecule has 0 bridgehead atoms. The van der Waals surface area contributed by atoms with E-state index in [2.05, 4.69) is 68.6 Å². The molecule has 0 spiro atoms. The van der Waals surface area contributed by atoms with E-state index in [0.29, 0.717) is 22.6 Å². The normalized spacial score (nSPS) is 16.5. The minimum Gasteiger partial charge on any atom is -0.389 e. The number of nitriles is 1. The van der Waals surface area contributed by atoms with E-state index in [0.717, 1.165) is 19.4 Å². The van der Waals surface area contributed by atoms with E-state index in [1.165, 1.54) is 24.1 Å². The molecular weight excluding hydrogens is 494 g/mol. The van der Waals surface area contributed by atoms with Crippen molar-refractivity contribution in [1.82, 2.24) is 25.6 Å². The molecule has 0 saturated heterocycles. The van der Waals surface area contributed by atoms with E-state index < -0.39 is 0 Å². The zero-order valence-electron chi connectivity index (χ0n) is 20.5. The van der Waals surface area contributed by atoms with Crippen LogP contribution in [0.4, 0.5) is 0 Å². The van der Waals surface area contributed by atoms with Gasteiger partial charge in [-0.25, -0.2) is 5.01 Å². The van der Waals surface area contributed by atoms with Gasteiger partial charge in [0.25, 0.3) is 0 Å². The SMILES string of the molecule is CC(/C=N/C(=C\NN(C)C)CC#N)CN(CCN/C=C(\Br)C=O)C(C)c1ccc(C2CC2)nc1. The predicted octanol–water partition coefficient (Wildman–Crippen LogP) is 3.87. The molecule has 0 radical (unpaired) electrons. The summed E-state index contributed by atoms with van der Waals surface area (Å²) in [6.45, 7) is 6.57. The lowest BCUT2D eigenvalue weighted by Gasteiger charge is -2.31. The second kappa shape index (κ2) is 14.7. The maximum atomic E-state index is 10.8. The van der Waals surface area contributed by atoms with E-state index in [4.69, 9.17) is 10.2 Å². The quantitative estimate of drug-likeness (QED) is 0.117. The van der Waals surface area contributed by atoms with E-state index in [1.807, 2.05) is 26.5 Å². The predicted molar refractivity (Wildman–Crippen MR) is 140 cm³/mol. The summed E-state index contributed by atoms with van der Waals surface area (Å²) >= 11 is 3.20. The summed E-state index contributed by atoms with van der Waals surface area (Å²) in [6, 6.07) is 6.68. The number of hydrogen-bond donors (Lipinski definition) is 2. The van der Waals surface area contributed by atoms with Crippen LogP contribution in [0.3, 0.4) is 0 Å². The van der Waals surface area contributed by atoms with E-state index >= 15 is 0 Å². The molecule has 1 aliphatic carbocycles. The lowest BCUT2D eigenvalue weighted by atomic mass is 10.1. The highest BCUT2D eigenvalue weighted by Gasteiger charge is 2.25. The van der Waals surface area contributed by atoms with Gasteiger partial charge >= 0.3 is 0 Å². The number of aldehydes is 1. The Morgan fingerprint density at radius 1 is 1.35 bits per heavy atom. The number of aliphatic imine (C=N–C) groups is 1. The molecule has 9 heteroatoms. The number of pyridine rings is 1. The highest BCUT2D eigenvalue weighted by Crippen LogP contribution is 2.39. The van der Waals surface area contributed by atoms with Crippen molar-refractivity contribution in [2.45, 2.75) is 45.1 Å². The Balaban J connectivity index is 2.08. The van der Waals surface area contributed by atoms with Crippen LogP contribution >= 0.6 is 15.9 Å². The minimum absolute atomic E-state index is 0.167. The molecule has 2 unspecified atom stereocenters. The van der Waals surface area contributed by atoms with Gasteiger partial charge < -0.3 is 10.7 Å². The molecule has 2 atom stereocenters. The zero-order chi connectivity index (χ0) is 24.9. The van der Waals surface area contributed by atoms with Crippen LogP contribution in [0.1, 0.15) is 56.3 Å². The summed E-state index contributed by atoms with van der Waals surface area (Å²) in [5.74, 6) is 0.807. The van der Waals surface area contributed by atoms with Crippen LogP contribution in [0.15, 0.2) is 45.9 Å². The summed E-state index contributed by atoms with van der Waals surface area (Å²) in [5.41, 5.74) is 6.10. The Labute approximate surface area is 211 Å². The Kier molecular flexibility index (Phi) is 11.9. The first-order valence-corrected chi connectivity index (χ1v) is 12.4. The minimum atomic E-state index is 0.167. The van der Waals surface area contributed by atoms with Gasteiger partial charge in [0.05, 0.1) is 22.7 Å². The molecule has 1 aromatic heterocycles. The summed E-state index contributed by atoms with van der Waals surface area (Å²) in [5, 5.41) is 14.1. The van der Waals surface area contributed by atoms with Crippen LogP contribution in [0.2, 0.25) is 0 Å². The van der Waals surface area contributed by atoms with Crippen molar-refractivity contribution in [3.8, 4) is 6.07 Å². The lowest BCUT2D eigenvalue weighted by Crippen LogP contribution is -2.36. The number of carbonyl (C=O) groups excluding carboxylic acids is 1. The molecule has 8 nitrogen and oxygen atoms in total. The lowest BCUT2D eigenvalue weighted by molar-refractivity contribution is -0.104. The van der Waals surface area contributed by atoms with E-state index in [1.54, 1.807) is 17.4 Å². The van der Waals surface area contributed by atoms with Gasteiger partial charge in [0.2, 0.25) is 0 Å². The summed E-state index contributed by atoms with van der Waals surface area (Å²) in [7, 11) is 3.77. The second-order valence-corrected chi connectivity index (χ2v) is 9.73. The Morgan fingerprint density at radius 3 is 2.71 bits per heavy atom. The fourth-order valence-electron chi connectivity index (χ4n) is 3.41. The average molecular weight is 531 g/mol. The number of nitrogens with zero attached hydrogens (tertiary/aromatic N) is 5. The monoisotopic (exact) mass is 529 g/mol. The van der Waals surface area contributed by atoms with Crippen LogP contribution in [0.25, 0.3) is 0 Å². The molecule has 1 saturated carbocycles. The molecule has 2 rings (SSSR count). The molecule has 0 amide bonds. The maximum absolute atomic E-state index is 10.8. The standard InChI is InChI=1S/C25H36BrN7O/c1-19(13-29-24(9-10-27)16-31-32(3)4)17-33(12-11-28-15-23(26)18-34)20(2)22-7-8-25(30-14-22)21-5-6-21/h7-8,13-16,18-21,28,31H,5-6,9,11-12,17H2,1-4H3/b23-15-,24-16-,29-13+. The molecule has 0 aromatic carbocycles. The van der Waals surface area contributed by atoms with Crippen molar-refractivity contribution in [3.63, 3.8) is 0 Å². The Hall–Kier alpha value is -2.54. The molecule has 184 valence electrons. The average Bonchev–Trinajstić information content (AvgIpc) is 3.67. The van der Waals surface area contributed by atoms with Crippen LogP contribution in [-0.2, 0) is 4.79 Å². The van der Waals surface area contributed by atoms with Crippen molar-refractivity contribution in [2.24, 2.45) is 10.9 Å². The van der Waals surface area contributed by atoms with Gasteiger partial charge in [0.15, 0.2) is 6.29 Å².